The molecule has 5 unspecified atom stereocenters. The quantitative estimate of drug-likeness (QED) is 0.0146. The van der Waals surface area contributed by atoms with Crippen LogP contribution in [0.2, 0.25) is 0 Å². The third-order valence-corrected chi connectivity index (χ3v) is 18.6. The Balaban J connectivity index is 4.31. The van der Waals surface area contributed by atoms with Gasteiger partial charge in [0.15, 0.2) is 6.10 Å². The third-order valence-electron chi connectivity index (χ3n) is 16.7. The first-order valence-electron chi connectivity index (χ1n) is 39.5. The van der Waals surface area contributed by atoms with Gasteiger partial charge in [-0.05, 0) is 122 Å². The number of phosphoric ester groups is 2. The van der Waals surface area contributed by atoms with Crippen LogP contribution in [-0.4, -0.2) is 95.9 Å². The van der Waals surface area contributed by atoms with Gasteiger partial charge in [-0.15, -0.1) is 0 Å². The predicted molar refractivity (Wildman–Crippen MR) is 408 cm³/mol. The molecule has 0 rings (SSSR count). The van der Waals surface area contributed by atoms with Crippen molar-refractivity contribution < 1.29 is 75.8 Å². The number of hydrogen-bond donors (Lipinski definition) is 4. The summed E-state index contributed by atoms with van der Waals surface area (Å²) in [6, 6.07) is 0. The fourth-order valence-electron chi connectivity index (χ4n) is 10.7. The second-order valence-corrected chi connectivity index (χ2v) is 29.4. The fourth-order valence-corrected chi connectivity index (χ4v) is 12.3. The van der Waals surface area contributed by atoms with Crippen LogP contribution >= 0.6 is 15.6 Å². The molecule has 0 fully saturated rings. The zero-order chi connectivity index (χ0) is 72.3. The Hall–Kier alpha value is -3.53. The Labute approximate surface area is 603 Å². The Morgan fingerprint density at radius 3 is 0.838 bits per heavy atom. The van der Waals surface area contributed by atoms with Gasteiger partial charge < -0.3 is 34.2 Å². The van der Waals surface area contributed by atoms with Gasteiger partial charge in [-0.25, -0.2) is 9.13 Å². The van der Waals surface area contributed by atoms with E-state index in [0.717, 1.165) is 135 Å². The van der Waals surface area contributed by atoms with Gasteiger partial charge in [0, 0.05) is 19.3 Å². The Bertz CT molecular complexity index is 2190. The van der Waals surface area contributed by atoms with Crippen LogP contribution in [0.3, 0.4) is 0 Å². The molecular weight excluding hydrogens is 1290 g/mol. The molecule has 16 nitrogen and oxygen atoms in total. The first kappa shape index (κ1) is 95.5. The summed E-state index contributed by atoms with van der Waals surface area (Å²) in [4.78, 5) is 58.5. The normalized spacial score (nSPS) is 14.5. The van der Waals surface area contributed by atoms with Crippen LogP contribution in [0.15, 0.2) is 97.2 Å². The third kappa shape index (κ3) is 75.5. The van der Waals surface area contributed by atoms with E-state index in [1.165, 1.54) is 148 Å². The molecule has 0 aromatic rings. The van der Waals surface area contributed by atoms with E-state index < -0.39 is 91.5 Å². The zero-order valence-electron chi connectivity index (χ0n) is 62.6. The zero-order valence-corrected chi connectivity index (χ0v) is 64.4. The van der Waals surface area contributed by atoms with Crippen molar-refractivity contribution in [3.05, 3.63) is 97.2 Å². The minimum Gasteiger partial charge on any atom is -0.463 e. The van der Waals surface area contributed by atoms with Crippen LogP contribution in [0.1, 0.15) is 342 Å². The van der Waals surface area contributed by atoms with Gasteiger partial charge in [-0.3, -0.25) is 32.5 Å². The molecule has 0 heterocycles. The maximum absolute atomic E-state index is 12.9. The SMILES string of the molecule is CCC/C=C\C/C=C\CCCCCCCC(=O)OC(COC(=O)CCCCCCC/C=C\C/C=C\CCCCC)COP(=O)(O)OCC(O)COP(=O)(O)OCC(O)COC(=O)CCCCCCCCCCCCCCCCCCCCC/C=C\C/C=C\C/C=C\C/C=C\CCCCC. The highest BCUT2D eigenvalue weighted by Gasteiger charge is 2.29. The molecular formula is C81H144O16P2. The smallest absolute Gasteiger partial charge is 0.463 e. The largest absolute Gasteiger partial charge is 0.472 e. The molecule has 0 saturated carbocycles. The lowest BCUT2D eigenvalue weighted by molar-refractivity contribution is -0.161. The number of phosphoric acid groups is 2. The van der Waals surface area contributed by atoms with E-state index in [0.29, 0.717) is 19.3 Å². The molecule has 18 heteroatoms. The molecule has 0 aliphatic carbocycles. The average Bonchev–Trinajstić information content (AvgIpc) is 2.27. The second kappa shape index (κ2) is 74.2. The monoisotopic (exact) mass is 1430 g/mol. The molecule has 4 N–H and O–H groups in total. The molecule has 0 aromatic heterocycles. The van der Waals surface area contributed by atoms with Gasteiger partial charge in [0.05, 0.1) is 26.4 Å². The predicted octanol–water partition coefficient (Wildman–Crippen LogP) is 23.0. The molecule has 0 spiro atoms. The first-order chi connectivity index (χ1) is 48.2. The fraction of sp³-hybridized carbons (Fsp3) is 0.765. The molecule has 0 saturated heterocycles. The standard InChI is InChI=1S/C81H144O16P2/c1-4-7-10-13-16-19-22-25-27-28-29-30-31-32-33-34-35-36-37-38-39-40-41-42-43-44-45-46-48-51-52-55-58-61-64-67-79(84)91-70-76(82)71-93-98(87,88)94-72-77(83)73-95-99(89,90)96-75-78(97-81(86)69-66-63-60-57-54-49-24-21-18-15-12-9-6-3)74-92-80(85)68-65-62-59-56-53-50-47-26-23-20-17-14-11-8-5-2/h12,15-17,19-21,24-27,29-30,32-33,47,76-78,82-83H,4-11,13-14,18,22-23,28,31,34-46,48-75H2,1-3H3,(H,87,88)(H,89,90)/b15-12-,19-16-,20-17-,24-21-,27-25-,30-29-,33-32-,47-26-. The Morgan fingerprint density at radius 2 is 0.525 bits per heavy atom. The number of carbonyl (C=O) groups is 3. The number of rotatable bonds is 75. The summed E-state index contributed by atoms with van der Waals surface area (Å²) in [6.45, 7) is 2.55. The van der Waals surface area contributed by atoms with Crippen molar-refractivity contribution in [3.63, 3.8) is 0 Å². The first-order valence-corrected chi connectivity index (χ1v) is 42.5. The molecule has 0 amide bonds. The molecule has 574 valence electrons. The van der Waals surface area contributed by atoms with E-state index in [1.54, 1.807) is 0 Å². The van der Waals surface area contributed by atoms with Crippen molar-refractivity contribution in [1.82, 2.24) is 0 Å². The number of aliphatic hydroxyl groups is 2. The number of esters is 3. The van der Waals surface area contributed by atoms with Gasteiger partial charge >= 0.3 is 33.6 Å². The van der Waals surface area contributed by atoms with E-state index in [1.807, 2.05) is 0 Å². The summed E-state index contributed by atoms with van der Waals surface area (Å²) >= 11 is 0. The van der Waals surface area contributed by atoms with Gasteiger partial charge in [0.25, 0.3) is 0 Å². The lowest BCUT2D eigenvalue weighted by Gasteiger charge is -2.21. The van der Waals surface area contributed by atoms with Crippen molar-refractivity contribution in [2.45, 2.75) is 360 Å². The van der Waals surface area contributed by atoms with E-state index in [2.05, 4.69) is 118 Å². The van der Waals surface area contributed by atoms with Crippen molar-refractivity contribution in [2.24, 2.45) is 0 Å². The molecule has 0 aromatic carbocycles. The van der Waals surface area contributed by atoms with E-state index in [4.69, 9.17) is 32.3 Å². The van der Waals surface area contributed by atoms with Crippen molar-refractivity contribution >= 4 is 33.6 Å². The highest BCUT2D eigenvalue weighted by atomic mass is 31.2. The van der Waals surface area contributed by atoms with E-state index in [-0.39, 0.29) is 19.3 Å². The van der Waals surface area contributed by atoms with Crippen LogP contribution < -0.4 is 0 Å². The maximum atomic E-state index is 12.9. The average molecular weight is 1440 g/mol. The summed E-state index contributed by atoms with van der Waals surface area (Å²) in [5.41, 5.74) is 0. The molecule has 0 aliphatic heterocycles. The van der Waals surface area contributed by atoms with Crippen molar-refractivity contribution in [1.29, 1.82) is 0 Å². The van der Waals surface area contributed by atoms with Crippen LogP contribution in [0.5, 0.6) is 0 Å². The number of unbranched alkanes of at least 4 members (excludes halogenated alkanes) is 36. The minimum atomic E-state index is -4.93. The van der Waals surface area contributed by atoms with Gasteiger partial charge in [-0.1, -0.05) is 298 Å². The van der Waals surface area contributed by atoms with Crippen LogP contribution in [-0.2, 0) is 55.8 Å². The summed E-state index contributed by atoms with van der Waals surface area (Å²) in [5, 5.41) is 20.6. The maximum Gasteiger partial charge on any atom is 0.472 e. The van der Waals surface area contributed by atoms with Gasteiger partial charge in [-0.2, -0.15) is 0 Å². The van der Waals surface area contributed by atoms with Crippen LogP contribution in [0, 0.1) is 0 Å². The Kier molecular flexibility index (Phi) is 71.6. The molecule has 0 bridgehead atoms. The summed E-state index contributed by atoms with van der Waals surface area (Å²) < 4.78 is 61.0. The second-order valence-electron chi connectivity index (χ2n) is 26.5. The Morgan fingerprint density at radius 1 is 0.283 bits per heavy atom. The van der Waals surface area contributed by atoms with Crippen molar-refractivity contribution in [3.8, 4) is 0 Å². The van der Waals surface area contributed by atoms with Crippen LogP contribution in [0.4, 0.5) is 0 Å². The van der Waals surface area contributed by atoms with Gasteiger partial charge in [0.2, 0.25) is 0 Å². The molecule has 0 aliphatic rings. The molecule has 0 radical (unpaired) electrons. The highest BCUT2D eigenvalue weighted by molar-refractivity contribution is 7.47. The lowest BCUT2D eigenvalue weighted by Crippen LogP contribution is -2.30. The number of ether oxygens (including phenoxy) is 3. The van der Waals surface area contributed by atoms with Crippen molar-refractivity contribution in [2.75, 3.05) is 39.6 Å². The van der Waals surface area contributed by atoms with Crippen LogP contribution in [0.25, 0.3) is 0 Å². The number of carbonyl (C=O) groups excluding carboxylic acids is 3. The summed E-state index contributed by atoms with van der Waals surface area (Å²) in [5.74, 6) is -1.60. The topological polar surface area (TPSA) is 231 Å². The van der Waals surface area contributed by atoms with Gasteiger partial charge in [0.1, 0.15) is 25.4 Å². The minimum absolute atomic E-state index is 0.0859. The highest BCUT2D eigenvalue weighted by Crippen LogP contribution is 2.45. The number of allylic oxidation sites excluding steroid dienone is 16. The summed E-state index contributed by atoms with van der Waals surface area (Å²) in [7, 11) is -9.78. The number of hydrogen-bond acceptors (Lipinski definition) is 14. The lowest BCUT2D eigenvalue weighted by atomic mass is 10.0. The number of aliphatic hydroxyl groups excluding tert-OH is 2. The van der Waals surface area contributed by atoms with E-state index in [9.17, 15) is 43.5 Å². The summed E-state index contributed by atoms with van der Waals surface area (Å²) in [6.07, 6.45) is 84.9. The molecule has 99 heavy (non-hydrogen) atoms. The van der Waals surface area contributed by atoms with E-state index >= 15 is 0 Å². The molecule has 5 atom stereocenters.